The lowest BCUT2D eigenvalue weighted by molar-refractivity contribution is -0.114. The van der Waals surface area contributed by atoms with Crippen molar-refractivity contribution in [3.8, 4) is 0 Å². The number of unbranched alkanes of at least 4 members (excludes halogenated alkanes) is 2. The molecule has 0 aliphatic heterocycles. The molecular formula is C22H48O6. The molecule has 172 valence electrons. The molecule has 0 radical (unpaired) electrons. The van der Waals surface area contributed by atoms with Crippen LogP contribution in [0.5, 0.6) is 0 Å². The van der Waals surface area contributed by atoms with Gasteiger partial charge in [0.25, 0.3) is 0 Å². The fourth-order valence-electron chi connectivity index (χ4n) is 2.76. The van der Waals surface area contributed by atoms with Crippen LogP contribution in [0.25, 0.3) is 0 Å². The lowest BCUT2D eigenvalue weighted by Gasteiger charge is -2.33. The van der Waals surface area contributed by atoms with Gasteiger partial charge in [0, 0.05) is 13.2 Å². The average molecular weight is 409 g/mol. The summed E-state index contributed by atoms with van der Waals surface area (Å²) in [6, 6.07) is 0. The van der Waals surface area contributed by atoms with E-state index in [1.807, 2.05) is 0 Å². The highest BCUT2D eigenvalue weighted by Crippen LogP contribution is 2.25. The third kappa shape index (κ3) is 20.5. The fourth-order valence-corrected chi connectivity index (χ4v) is 2.76. The van der Waals surface area contributed by atoms with Gasteiger partial charge in [-0.2, -0.15) is 0 Å². The molecule has 6 nitrogen and oxygen atoms in total. The van der Waals surface area contributed by atoms with Crippen molar-refractivity contribution in [1.82, 2.24) is 0 Å². The van der Waals surface area contributed by atoms with Crippen molar-refractivity contribution in [3.05, 3.63) is 0 Å². The molecule has 6 heteroatoms. The Morgan fingerprint density at radius 3 is 1.57 bits per heavy atom. The Hall–Kier alpha value is -0.240. The molecule has 0 unspecified atom stereocenters. The molecule has 0 fully saturated rings. The number of hydrogen-bond donors (Lipinski definition) is 2. The van der Waals surface area contributed by atoms with Crippen LogP contribution in [0.2, 0.25) is 0 Å². The van der Waals surface area contributed by atoms with E-state index in [1.54, 1.807) is 0 Å². The highest BCUT2D eigenvalue weighted by atomic mass is 16.6. The first-order valence-corrected chi connectivity index (χ1v) is 11.2. The van der Waals surface area contributed by atoms with Gasteiger partial charge in [0.15, 0.2) is 0 Å². The first-order chi connectivity index (χ1) is 13.7. The van der Waals surface area contributed by atoms with Crippen LogP contribution >= 0.6 is 0 Å². The van der Waals surface area contributed by atoms with Crippen molar-refractivity contribution < 1.29 is 29.2 Å². The summed E-state index contributed by atoms with van der Waals surface area (Å²) < 4.78 is 22.3. The van der Waals surface area contributed by atoms with E-state index in [0.717, 1.165) is 51.7 Å². The Morgan fingerprint density at radius 2 is 1.07 bits per heavy atom. The Morgan fingerprint density at radius 1 is 0.571 bits per heavy atom. The monoisotopic (exact) mass is 408 g/mol. The second-order valence-electron chi connectivity index (χ2n) is 6.96. The van der Waals surface area contributed by atoms with E-state index >= 15 is 0 Å². The average Bonchev–Trinajstić information content (AvgIpc) is 2.69. The van der Waals surface area contributed by atoms with Gasteiger partial charge in [-0.05, 0) is 25.7 Å². The minimum absolute atomic E-state index is 0.0278. The summed E-state index contributed by atoms with van der Waals surface area (Å²) in [4.78, 5) is 0. The molecule has 2 N–H and O–H groups in total. The van der Waals surface area contributed by atoms with E-state index in [1.165, 1.54) is 12.8 Å². The predicted molar refractivity (Wildman–Crippen MR) is 115 cm³/mol. The van der Waals surface area contributed by atoms with E-state index in [2.05, 4.69) is 32.4 Å². The minimum Gasteiger partial charge on any atom is -0.394 e. The van der Waals surface area contributed by atoms with Gasteiger partial charge in [-0.3, -0.25) is 0 Å². The number of aliphatic hydroxyl groups is 2. The van der Waals surface area contributed by atoms with Crippen LogP contribution in [0.15, 0.2) is 0 Å². The van der Waals surface area contributed by atoms with E-state index < -0.39 is 0 Å². The Balaban J connectivity index is 0. The summed E-state index contributed by atoms with van der Waals surface area (Å²) in [6.07, 6.45) is 9.08. The number of hydrogen-bond acceptors (Lipinski definition) is 6. The largest absolute Gasteiger partial charge is 0.394 e. The number of ether oxygens (including phenoxy) is 4. The first-order valence-electron chi connectivity index (χ1n) is 11.2. The zero-order valence-electron chi connectivity index (χ0n) is 19.0. The van der Waals surface area contributed by atoms with Crippen LogP contribution in [0.1, 0.15) is 79.1 Å². The van der Waals surface area contributed by atoms with Gasteiger partial charge in [-0.25, -0.2) is 0 Å². The summed E-state index contributed by atoms with van der Waals surface area (Å²) in [6.45, 7) is 13.3. The van der Waals surface area contributed by atoms with Gasteiger partial charge < -0.3 is 29.2 Å². The van der Waals surface area contributed by atoms with Gasteiger partial charge >= 0.3 is 0 Å². The standard InChI is InChI=1S/C18H38O3.C4H10O3/c1-5-9-13-19-15-16-20-17-18(11-7-3,12-8-4)21-14-10-6-2;5-1-3-7-4-2-6/h5-17H2,1-4H3;5-6H,1-4H2. The molecule has 0 aromatic carbocycles. The normalized spacial score (nSPS) is 11.4. The predicted octanol–water partition coefficient (Wildman–Crippen LogP) is 3.96. The van der Waals surface area contributed by atoms with Crippen LogP contribution in [0, 0.1) is 0 Å². The Bertz CT molecular complexity index is 266. The maximum absolute atomic E-state index is 8.09. The lowest BCUT2D eigenvalue weighted by Crippen LogP contribution is -2.38. The van der Waals surface area contributed by atoms with Crippen LogP contribution in [0.3, 0.4) is 0 Å². The quantitative estimate of drug-likeness (QED) is 0.297. The minimum atomic E-state index is -0.0813. The van der Waals surface area contributed by atoms with Gasteiger partial charge in [-0.15, -0.1) is 0 Å². The summed E-state index contributed by atoms with van der Waals surface area (Å²) in [7, 11) is 0. The number of aliphatic hydroxyl groups excluding tert-OH is 2. The molecule has 0 aliphatic rings. The molecule has 0 saturated heterocycles. The molecule has 0 aromatic heterocycles. The summed E-state index contributed by atoms with van der Waals surface area (Å²) in [5.41, 5.74) is -0.0813. The highest BCUT2D eigenvalue weighted by Gasteiger charge is 2.29. The third-order valence-electron chi connectivity index (χ3n) is 4.17. The topological polar surface area (TPSA) is 77.4 Å². The van der Waals surface area contributed by atoms with E-state index in [9.17, 15) is 0 Å². The molecule has 0 aliphatic carbocycles. The fraction of sp³-hybridized carbons (Fsp3) is 1.00. The number of rotatable bonds is 20. The maximum Gasteiger partial charge on any atom is 0.0914 e. The molecular weight excluding hydrogens is 360 g/mol. The molecule has 0 bridgehead atoms. The molecule has 0 saturated carbocycles. The Kier molecular flexibility index (Phi) is 26.5. The zero-order chi connectivity index (χ0) is 21.3. The second kappa shape index (κ2) is 24.8. The zero-order valence-corrected chi connectivity index (χ0v) is 19.0. The van der Waals surface area contributed by atoms with Crippen molar-refractivity contribution in [3.63, 3.8) is 0 Å². The van der Waals surface area contributed by atoms with Crippen LogP contribution in [-0.4, -0.2) is 75.3 Å². The third-order valence-corrected chi connectivity index (χ3v) is 4.17. The van der Waals surface area contributed by atoms with Crippen molar-refractivity contribution in [2.45, 2.75) is 84.7 Å². The first kappa shape index (κ1) is 30.0. The van der Waals surface area contributed by atoms with E-state index in [-0.39, 0.29) is 18.8 Å². The van der Waals surface area contributed by atoms with Crippen LogP contribution in [0.4, 0.5) is 0 Å². The molecule has 28 heavy (non-hydrogen) atoms. The van der Waals surface area contributed by atoms with Crippen LogP contribution < -0.4 is 0 Å². The van der Waals surface area contributed by atoms with Crippen molar-refractivity contribution >= 4 is 0 Å². The maximum atomic E-state index is 8.09. The van der Waals surface area contributed by atoms with Gasteiger partial charge in [0.1, 0.15) is 0 Å². The van der Waals surface area contributed by atoms with Crippen molar-refractivity contribution in [2.24, 2.45) is 0 Å². The smallest absolute Gasteiger partial charge is 0.0914 e. The van der Waals surface area contributed by atoms with E-state index in [4.69, 9.17) is 24.4 Å². The lowest BCUT2D eigenvalue weighted by atomic mass is 9.93. The molecule has 0 atom stereocenters. The Labute approximate surface area is 173 Å². The van der Waals surface area contributed by atoms with Gasteiger partial charge in [-0.1, -0.05) is 53.4 Å². The molecule has 0 aromatic rings. The highest BCUT2D eigenvalue weighted by molar-refractivity contribution is 4.80. The summed E-state index contributed by atoms with van der Waals surface area (Å²) >= 11 is 0. The van der Waals surface area contributed by atoms with Crippen molar-refractivity contribution in [1.29, 1.82) is 0 Å². The van der Waals surface area contributed by atoms with Gasteiger partial charge in [0.2, 0.25) is 0 Å². The van der Waals surface area contributed by atoms with Gasteiger partial charge in [0.05, 0.1) is 51.8 Å². The van der Waals surface area contributed by atoms with Crippen LogP contribution in [-0.2, 0) is 18.9 Å². The molecule has 0 heterocycles. The SMILES string of the molecule is CCCCOCCOCC(CCC)(CCC)OCCCC.OCCOCCO. The van der Waals surface area contributed by atoms with E-state index in [0.29, 0.717) is 33.0 Å². The molecule has 0 spiro atoms. The molecule has 0 rings (SSSR count). The summed E-state index contributed by atoms with van der Waals surface area (Å²) in [5, 5.41) is 16.2. The molecule has 0 amide bonds. The van der Waals surface area contributed by atoms with Crippen molar-refractivity contribution in [2.75, 3.05) is 59.5 Å². The second-order valence-corrected chi connectivity index (χ2v) is 6.96. The summed E-state index contributed by atoms with van der Waals surface area (Å²) in [5.74, 6) is 0.